The fourth-order valence-corrected chi connectivity index (χ4v) is 2.11. The van der Waals surface area contributed by atoms with Gasteiger partial charge in [-0.25, -0.2) is 9.48 Å². The van der Waals surface area contributed by atoms with E-state index in [1.807, 2.05) is 44.2 Å². The third-order valence-corrected chi connectivity index (χ3v) is 3.75. The maximum absolute atomic E-state index is 12.0. The average molecular weight is 342 g/mol. The molecule has 1 aromatic heterocycles. The molecule has 0 spiro atoms. The Labute approximate surface area is 148 Å². The summed E-state index contributed by atoms with van der Waals surface area (Å²) in [6.07, 6.45) is 4.41. The minimum absolute atomic E-state index is 0.0856. The number of amides is 2. The van der Waals surface area contributed by atoms with Gasteiger partial charge in [0.25, 0.3) is 0 Å². The lowest BCUT2D eigenvalue weighted by molar-refractivity contribution is 0.245. The van der Waals surface area contributed by atoms with Crippen molar-refractivity contribution in [1.82, 2.24) is 15.1 Å². The van der Waals surface area contributed by atoms with Crippen molar-refractivity contribution in [3.8, 4) is 11.6 Å². The van der Waals surface area contributed by atoms with Crippen molar-refractivity contribution in [1.29, 1.82) is 0 Å². The van der Waals surface area contributed by atoms with Crippen LogP contribution in [0.15, 0.2) is 47.6 Å². The number of ether oxygens (including phenoxy) is 1. The van der Waals surface area contributed by atoms with E-state index >= 15 is 0 Å². The summed E-state index contributed by atoms with van der Waals surface area (Å²) in [5.41, 5.74) is 0.893. The van der Waals surface area contributed by atoms with Crippen LogP contribution in [-0.4, -0.2) is 28.5 Å². The molecular formula is C19H26N4O2. The van der Waals surface area contributed by atoms with E-state index in [2.05, 4.69) is 22.3 Å². The van der Waals surface area contributed by atoms with Crippen LogP contribution in [0.5, 0.6) is 5.88 Å². The Morgan fingerprint density at radius 1 is 1.32 bits per heavy atom. The van der Waals surface area contributed by atoms with Crippen molar-refractivity contribution in [2.45, 2.75) is 46.1 Å². The summed E-state index contributed by atoms with van der Waals surface area (Å²) in [5, 5.41) is 7.68. The van der Waals surface area contributed by atoms with Crippen LogP contribution in [0, 0.1) is 0 Å². The standard InChI is InChI=1S/C19H26N4O2/c1-4-6-12-25-18-13-16(22-19(24)21-15(3)5-2)14-20-23(18)17-10-8-7-9-11-17/h7-11,13-15H,4-6,12H2,1-3H3,(H,21,24)/b22-16-. The molecular weight excluding hydrogens is 316 g/mol. The second kappa shape index (κ2) is 9.61. The lowest BCUT2D eigenvalue weighted by atomic mass is 10.3. The van der Waals surface area contributed by atoms with E-state index in [0.29, 0.717) is 17.8 Å². The molecule has 2 rings (SSSR count). The summed E-state index contributed by atoms with van der Waals surface area (Å²) in [5.74, 6) is 0.567. The maximum Gasteiger partial charge on any atom is 0.341 e. The molecule has 0 saturated heterocycles. The summed E-state index contributed by atoms with van der Waals surface area (Å²) in [6.45, 7) is 6.65. The first-order valence-corrected chi connectivity index (χ1v) is 8.76. The molecule has 2 aromatic rings. The van der Waals surface area contributed by atoms with Gasteiger partial charge < -0.3 is 10.1 Å². The topological polar surface area (TPSA) is 68.5 Å². The van der Waals surface area contributed by atoms with E-state index in [9.17, 15) is 4.79 Å². The second-order valence-electron chi connectivity index (χ2n) is 5.87. The molecule has 1 aromatic carbocycles. The van der Waals surface area contributed by atoms with Crippen molar-refractivity contribution >= 4 is 6.03 Å². The van der Waals surface area contributed by atoms with E-state index in [4.69, 9.17) is 4.74 Å². The number of unbranched alkanes of at least 4 members (excludes halogenated alkanes) is 1. The number of hydrogen-bond donors (Lipinski definition) is 1. The highest BCUT2D eigenvalue weighted by molar-refractivity contribution is 5.75. The number of para-hydroxylation sites is 1. The third-order valence-electron chi connectivity index (χ3n) is 3.75. The van der Waals surface area contributed by atoms with Crippen LogP contribution in [0.3, 0.4) is 0 Å². The highest BCUT2D eigenvalue weighted by atomic mass is 16.5. The van der Waals surface area contributed by atoms with Crippen molar-refractivity contribution in [3.63, 3.8) is 0 Å². The first-order chi connectivity index (χ1) is 12.1. The number of nitrogens with one attached hydrogen (secondary N) is 1. The summed E-state index contributed by atoms with van der Waals surface area (Å²) < 4.78 is 7.57. The fourth-order valence-electron chi connectivity index (χ4n) is 2.11. The molecule has 0 aliphatic rings. The molecule has 0 radical (unpaired) electrons. The van der Waals surface area contributed by atoms with Crippen LogP contribution in [-0.2, 0) is 0 Å². The fraction of sp³-hybridized carbons (Fsp3) is 0.421. The zero-order chi connectivity index (χ0) is 18.1. The van der Waals surface area contributed by atoms with Gasteiger partial charge in [-0.05, 0) is 31.9 Å². The molecule has 25 heavy (non-hydrogen) atoms. The zero-order valence-corrected chi connectivity index (χ0v) is 15.1. The van der Waals surface area contributed by atoms with Gasteiger partial charge in [-0.15, -0.1) is 0 Å². The van der Waals surface area contributed by atoms with Gasteiger partial charge in [-0.1, -0.05) is 38.5 Å². The van der Waals surface area contributed by atoms with E-state index < -0.39 is 0 Å². The molecule has 1 heterocycles. The SMILES string of the molecule is CCCCOc1c/c(=N/C(=O)NC(C)CC)cnn1-c1ccccc1. The average Bonchev–Trinajstić information content (AvgIpc) is 2.62. The summed E-state index contributed by atoms with van der Waals surface area (Å²) in [4.78, 5) is 16.0. The minimum atomic E-state index is -0.367. The Bertz CT molecular complexity index is 741. The predicted octanol–water partition coefficient (Wildman–Crippen LogP) is 3.46. The minimum Gasteiger partial charge on any atom is -0.478 e. The predicted molar refractivity (Wildman–Crippen MR) is 97.8 cm³/mol. The van der Waals surface area contributed by atoms with Crippen LogP contribution >= 0.6 is 0 Å². The van der Waals surface area contributed by atoms with Gasteiger partial charge >= 0.3 is 6.03 Å². The van der Waals surface area contributed by atoms with Gasteiger partial charge in [-0.3, -0.25) is 0 Å². The van der Waals surface area contributed by atoms with Gasteiger partial charge in [-0.2, -0.15) is 10.1 Å². The molecule has 1 N–H and O–H groups in total. The first kappa shape index (κ1) is 18.7. The molecule has 0 bridgehead atoms. The van der Waals surface area contributed by atoms with E-state index in [-0.39, 0.29) is 12.1 Å². The summed E-state index contributed by atoms with van der Waals surface area (Å²) in [7, 11) is 0. The normalized spacial score (nSPS) is 12.7. The molecule has 134 valence electrons. The van der Waals surface area contributed by atoms with E-state index in [0.717, 1.165) is 24.9 Å². The third kappa shape index (κ3) is 5.74. The molecule has 0 saturated carbocycles. The Morgan fingerprint density at radius 2 is 2.08 bits per heavy atom. The zero-order valence-electron chi connectivity index (χ0n) is 15.1. The Morgan fingerprint density at radius 3 is 2.76 bits per heavy atom. The Kier molecular flexibility index (Phi) is 7.19. The number of benzene rings is 1. The molecule has 1 unspecified atom stereocenters. The van der Waals surface area contributed by atoms with Gasteiger partial charge in [0.15, 0.2) is 0 Å². The van der Waals surface area contributed by atoms with Crippen LogP contribution in [0.1, 0.15) is 40.0 Å². The van der Waals surface area contributed by atoms with Gasteiger partial charge in [0.05, 0.1) is 23.8 Å². The number of hydrogen-bond acceptors (Lipinski definition) is 3. The number of aromatic nitrogens is 2. The van der Waals surface area contributed by atoms with Crippen LogP contribution < -0.4 is 15.4 Å². The van der Waals surface area contributed by atoms with E-state index in [1.54, 1.807) is 16.9 Å². The van der Waals surface area contributed by atoms with Gasteiger partial charge in [0, 0.05) is 12.1 Å². The van der Waals surface area contributed by atoms with Gasteiger partial charge in [0.2, 0.25) is 5.88 Å². The molecule has 1 atom stereocenters. The van der Waals surface area contributed by atoms with E-state index in [1.165, 1.54) is 0 Å². The molecule has 6 heteroatoms. The highest BCUT2D eigenvalue weighted by Gasteiger charge is 2.07. The number of urea groups is 1. The highest BCUT2D eigenvalue weighted by Crippen LogP contribution is 2.14. The summed E-state index contributed by atoms with van der Waals surface area (Å²) >= 11 is 0. The Balaban J connectivity index is 2.31. The lowest BCUT2D eigenvalue weighted by Gasteiger charge is -2.13. The summed E-state index contributed by atoms with van der Waals surface area (Å²) in [6, 6.07) is 11.2. The van der Waals surface area contributed by atoms with Crippen LogP contribution in [0.2, 0.25) is 0 Å². The van der Waals surface area contributed by atoms with Crippen molar-refractivity contribution < 1.29 is 9.53 Å². The monoisotopic (exact) mass is 342 g/mol. The number of carbonyl (C=O) groups is 1. The first-order valence-electron chi connectivity index (χ1n) is 8.76. The molecule has 0 fully saturated rings. The number of nitrogens with zero attached hydrogens (tertiary/aromatic N) is 3. The van der Waals surface area contributed by atoms with Crippen molar-refractivity contribution in [2.75, 3.05) is 6.61 Å². The second-order valence-corrected chi connectivity index (χ2v) is 5.87. The quantitative estimate of drug-likeness (QED) is 0.784. The van der Waals surface area contributed by atoms with Crippen molar-refractivity contribution in [3.05, 3.63) is 48.0 Å². The molecule has 2 amide bonds. The molecule has 6 nitrogen and oxygen atoms in total. The Hall–Kier alpha value is -2.63. The number of carbonyl (C=O) groups excluding carboxylic acids is 1. The van der Waals surface area contributed by atoms with Crippen LogP contribution in [0.25, 0.3) is 5.69 Å². The van der Waals surface area contributed by atoms with Crippen LogP contribution in [0.4, 0.5) is 4.79 Å². The molecule has 0 aliphatic carbocycles. The molecule has 0 aliphatic heterocycles. The van der Waals surface area contributed by atoms with Gasteiger partial charge in [0.1, 0.15) is 0 Å². The smallest absolute Gasteiger partial charge is 0.341 e. The lowest BCUT2D eigenvalue weighted by Crippen LogP contribution is -2.31. The maximum atomic E-state index is 12.0. The van der Waals surface area contributed by atoms with Crippen molar-refractivity contribution in [2.24, 2.45) is 4.99 Å². The number of rotatable bonds is 7. The largest absolute Gasteiger partial charge is 0.478 e.